The fraction of sp³-hybridized carbons (Fsp3) is 0.217. The van der Waals surface area contributed by atoms with Gasteiger partial charge >= 0.3 is 6.03 Å². The predicted molar refractivity (Wildman–Crippen MR) is 123 cm³/mol. The molecule has 3 aromatic rings. The van der Waals surface area contributed by atoms with E-state index in [0.29, 0.717) is 33.6 Å². The average molecular weight is 481 g/mol. The van der Waals surface area contributed by atoms with Crippen molar-refractivity contribution in [2.75, 3.05) is 25.8 Å². The van der Waals surface area contributed by atoms with Crippen molar-refractivity contribution < 1.29 is 28.6 Å². The van der Waals surface area contributed by atoms with Gasteiger partial charge in [-0.2, -0.15) is 0 Å². The van der Waals surface area contributed by atoms with Gasteiger partial charge in [-0.15, -0.1) is 11.3 Å². The zero-order valence-electron chi connectivity index (χ0n) is 18.3. The fourth-order valence-electron chi connectivity index (χ4n) is 3.78. The third-order valence-corrected chi connectivity index (χ3v) is 6.42. The van der Waals surface area contributed by atoms with Gasteiger partial charge in [0.2, 0.25) is 12.7 Å². The van der Waals surface area contributed by atoms with Crippen molar-refractivity contribution in [1.82, 2.24) is 15.2 Å². The Labute approximate surface area is 198 Å². The first kappa shape index (κ1) is 21.7. The molecule has 2 aliphatic heterocycles. The van der Waals surface area contributed by atoms with E-state index in [-0.39, 0.29) is 6.79 Å². The third kappa shape index (κ3) is 3.79. The highest BCUT2D eigenvalue weighted by atomic mass is 32.1. The number of hydrogen-bond donors (Lipinski definition) is 2. The number of carbonyl (C=O) groups excluding carboxylic acids is 3. The molecule has 11 heteroatoms. The molecule has 1 unspecified atom stereocenters. The molecule has 2 aromatic carbocycles. The largest absolute Gasteiger partial charge is 0.497 e. The summed E-state index contributed by atoms with van der Waals surface area (Å²) >= 11 is 1.23. The molecule has 2 N–H and O–H groups in total. The minimum Gasteiger partial charge on any atom is -0.497 e. The summed E-state index contributed by atoms with van der Waals surface area (Å²) < 4.78 is 15.8. The van der Waals surface area contributed by atoms with Gasteiger partial charge in [0.15, 0.2) is 16.6 Å². The van der Waals surface area contributed by atoms with Gasteiger partial charge in [-0.05, 0) is 42.8 Å². The summed E-state index contributed by atoms with van der Waals surface area (Å²) in [5.41, 5.74) is 0.769. The predicted octanol–water partition coefficient (Wildman–Crippen LogP) is 2.95. The van der Waals surface area contributed by atoms with Gasteiger partial charge in [-0.3, -0.25) is 14.5 Å². The summed E-state index contributed by atoms with van der Waals surface area (Å²) in [6.07, 6.45) is 0. The summed E-state index contributed by atoms with van der Waals surface area (Å²) in [6, 6.07) is 11.6. The van der Waals surface area contributed by atoms with Gasteiger partial charge < -0.3 is 24.8 Å². The second kappa shape index (κ2) is 8.34. The molecule has 0 aliphatic carbocycles. The lowest BCUT2D eigenvalue weighted by atomic mass is 9.92. The second-order valence-electron chi connectivity index (χ2n) is 7.83. The van der Waals surface area contributed by atoms with Crippen LogP contribution in [0.3, 0.4) is 0 Å². The number of ether oxygens (including phenoxy) is 3. The SMILES string of the molecule is COc1ccc(C2(C)NC(=O)N(CC(=O)Nc3nc(-c4ccc5c(c4)OCO5)cs3)C2=O)cc1. The number of rotatable bonds is 6. The van der Waals surface area contributed by atoms with E-state index in [1.54, 1.807) is 49.7 Å². The number of benzene rings is 2. The Hall–Kier alpha value is -4.12. The highest BCUT2D eigenvalue weighted by Crippen LogP contribution is 2.36. The maximum Gasteiger partial charge on any atom is 0.325 e. The van der Waals surface area contributed by atoms with E-state index in [0.717, 1.165) is 10.5 Å². The first-order chi connectivity index (χ1) is 16.4. The summed E-state index contributed by atoms with van der Waals surface area (Å²) in [5, 5.41) is 7.48. The lowest BCUT2D eigenvalue weighted by Crippen LogP contribution is -2.42. The molecule has 1 atom stereocenters. The number of nitrogens with zero attached hydrogens (tertiary/aromatic N) is 2. The van der Waals surface area contributed by atoms with E-state index in [1.807, 2.05) is 12.1 Å². The zero-order chi connectivity index (χ0) is 23.9. The number of methoxy groups -OCH3 is 1. The number of amides is 4. The lowest BCUT2D eigenvalue weighted by Gasteiger charge is -2.22. The Kier molecular flexibility index (Phi) is 5.33. The van der Waals surface area contributed by atoms with Crippen molar-refractivity contribution in [3.63, 3.8) is 0 Å². The average Bonchev–Trinajstić information content (AvgIpc) is 3.55. The van der Waals surface area contributed by atoms with Crippen LogP contribution in [0.5, 0.6) is 17.2 Å². The monoisotopic (exact) mass is 480 g/mol. The van der Waals surface area contributed by atoms with Crippen molar-refractivity contribution in [2.24, 2.45) is 0 Å². The normalized spacial score (nSPS) is 18.7. The maximum absolute atomic E-state index is 13.1. The molecule has 1 aromatic heterocycles. The van der Waals surface area contributed by atoms with Gasteiger partial charge in [-0.1, -0.05) is 12.1 Å². The number of fused-ring (bicyclic) bond motifs is 1. The first-order valence-corrected chi connectivity index (χ1v) is 11.2. The fourth-order valence-corrected chi connectivity index (χ4v) is 4.52. The number of nitrogens with one attached hydrogen (secondary N) is 2. The lowest BCUT2D eigenvalue weighted by molar-refractivity contribution is -0.133. The van der Waals surface area contributed by atoms with Crippen LogP contribution >= 0.6 is 11.3 Å². The number of anilines is 1. The Bertz CT molecular complexity index is 1290. The van der Waals surface area contributed by atoms with Crippen molar-refractivity contribution >= 4 is 34.3 Å². The Morgan fingerprint density at radius 3 is 2.74 bits per heavy atom. The molecule has 0 saturated carbocycles. The highest BCUT2D eigenvalue weighted by molar-refractivity contribution is 7.14. The molecule has 2 aliphatic rings. The van der Waals surface area contributed by atoms with Crippen LogP contribution in [0.2, 0.25) is 0 Å². The van der Waals surface area contributed by atoms with Crippen LogP contribution in [0.1, 0.15) is 12.5 Å². The molecular weight excluding hydrogens is 460 g/mol. The number of carbonyl (C=O) groups is 3. The molecule has 34 heavy (non-hydrogen) atoms. The minimum absolute atomic E-state index is 0.178. The van der Waals surface area contributed by atoms with Gasteiger partial charge in [-0.25, -0.2) is 9.78 Å². The van der Waals surface area contributed by atoms with Gasteiger partial charge in [0.1, 0.15) is 17.8 Å². The molecule has 1 saturated heterocycles. The van der Waals surface area contributed by atoms with Crippen LogP contribution in [-0.4, -0.2) is 48.2 Å². The van der Waals surface area contributed by atoms with Crippen LogP contribution in [-0.2, 0) is 15.1 Å². The smallest absolute Gasteiger partial charge is 0.325 e. The van der Waals surface area contributed by atoms with E-state index in [2.05, 4.69) is 15.6 Å². The molecule has 0 spiro atoms. The molecule has 0 bridgehead atoms. The van der Waals surface area contributed by atoms with Crippen molar-refractivity contribution in [3.05, 3.63) is 53.4 Å². The highest BCUT2D eigenvalue weighted by Gasteiger charge is 2.49. The number of urea groups is 1. The van der Waals surface area contributed by atoms with E-state index in [1.165, 1.54) is 11.3 Å². The zero-order valence-corrected chi connectivity index (χ0v) is 19.1. The second-order valence-corrected chi connectivity index (χ2v) is 8.69. The topological polar surface area (TPSA) is 119 Å². The van der Waals surface area contributed by atoms with Crippen molar-refractivity contribution in [2.45, 2.75) is 12.5 Å². The van der Waals surface area contributed by atoms with Crippen LogP contribution in [0.25, 0.3) is 11.3 Å². The van der Waals surface area contributed by atoms with Gasteiger partial charge in [0.25, 0.3) is 5.91 Å². The van der Waals surface area contributed by atoms with E-state index < -0.39 is 29.9 Å². The summed E-state index contributed by atoms with van der Waals surface area (Å²) in [7, 11) is 1.54. The standard InChI is InChI=1S/C23H20N4O6S/c1-23(14-4-6-15(31-2)7-5-14)20(29)27(22(30)26-23)10-19(28)25-21-24-16(11-34-21)13-3-8-17-18(9-13)33-12-32-17/h3-9,11H,10,12H2,1-2H3,(H,26,30)(H,24,25,28). The number of thiazole rings is 1. The van der Waals surface area contributed by atoms with Crippen LogP contribution in [0, 0.1) is 0 Å². The van der Waals surface area contributed by atoms with Crippen LogP contribution in [0.15, 0.2) is 47.8 Å². The first-order valence-electron chi connectivity index (χ1n) is 10.3. The Morgan fingerprint density at radius 2 is 1.97 bits per heavy atom. The van der Waals surface area contributed by atoms with E-state index in [9.17, 15) is 14.4 Å². The van der Waals surface area contributed by atoms with Crippen LogP contribution in [0.4, 0.5) is 9.93 Å². The van der Waals surface area contributed by atoms with Gasteiger partial charge in [0.05, 0.1) is 12.8 Å². The van der Waals surface area contributed by atoms with Crippen molar-refractivity contribution in [1.29, 1.82) is 0 Å². The van der Waals surface area contributed by atoms with E-state index >= 15 is 0 Å². The quantitative estimate of drug-likeness (QED) is 0.521. The van der Waals surface area contributed by atoms with Crippen molar-refractivity contribution in [3.8, 4) is 28.5 Å². The number of imide groups is 1. The minimum atomic E-state index is -1.28. The van der Waals surface area contributed by atoms with Crippen LogP contribution < -0.4 is 24.8 Å². The molecule has 0 radical (unpaired) electrons. The third-order valence-electron chi connectivity index (χ3n) is 5.66. The summed E-state index contributed by atoms with van der Waals surface area (Å²) in [4.78, 5) is 43.5. The number of hydrogen-bond acceptors (Lipinski definition) is 8. The summed E-state index contributed by atoms with van der Waals surface area (Å²) in [5.74, 6) is 0.883. The molecule has 174 valence electrons. The molecule has 5 rings (SSSR count). The molecule has 10 nitrogen and oxygen atoms in total. The summed E-state index contributed by atoms with van der Waals surface area (Å²) in [6.45, 7) is 1.35. The van der Waals surface area contributed by atoms with E-state index in [4.69, 9.17) is 14.2 Å². The number of aromatic nitrogens is 1. The van der Waals surface area contributed by atoms with Gasteiger partial charge in [0, 0.05) is 10.9 Å². The molecule has 1 fully saturated rings. The Morgan fingerprint density at radius 1 is 1.21 bits per heavy atom. The Balaban J connectivity index is 1.26. The maximum atomic E-state index is 13.1. The molecule has 4 amide bonds. The molecule has 3 heterocycles. The molecular formula is C23H20N4O6S.